The summed E-state index contributed by atoms with van der Waals surface area (Å²) in [7, 11) is 3.48. The van der Waals surface area contributed by atoms with Crippen molar-refractivity contribution in [1.82, 2.24) is 15.5 Å². The number of nitrogens with one attached hydrogen (secondary N) is 2. The third-order valence-electron chi connectivity index (χ3n) is 3.71. The van der Waals surface area contributed by atoms with Crippen molar-refractivity contribution < 1.29 is 9.53 Å². The summed E-state index contributed by atoms with van der Waals surface area (Å²) in [6, 6.07) is 4.43. The summed E-state index contributed by atoms with van der Waals surface area (Å²) in [5.41, 5.74) is 0. The van der Waals surface area contributed by atoms with Gasteiger partial charge in [0, 0.05) is 31.6 Å². The highest BCUT2D eigenvalue weighted by Crippen LogP contribution is 2.13. The average Bonchev–Trinajstić information content (AvgIpc) is 3.03. The van der Waals surface area contributed by atoms with E-state index in [-0.39, 0.29) is 42.5 Å². The number of halogens is 1. The molecule has 0 spiro atoms. The van der Waals surface area contributed by atoms with Gasteiger partial charge in [0.05, 0.1) is 12.6 Å². The number of thiophene rings is 1. The van der Waals surface area contributed by atoms with E-state index in [2.05, 4.69) is 34.0 Å². The van der Waals surface area contributed by atoms with Gasteiger partial charge >= 0.3 is 0 Å². The number of likely N-dealkylation sites (N-methyl/N-ethyl adjacent to an activating group) is 1. The monoisotopic (exact) mass is 466 g/mol. The second kappa shape index (κ2) is 10.9. The number of guanidine groups is 1. The number of rotatable bonds is 5. The number of carbonyl (C=O) groups is 1. The smallest absolute Gasteiger partial charge is 0.243 e. The molecule has 1 fully saturated rings. The molecule has 0 aliphatic carbocycles. The first-order valence-electron chi connectivity index (χ1n) is 7.93. The zero-order valence-electron chi connectivity index (χ0n) is 14.4. The van der Waals surface area contributed by atoms with Crippen LogP contribution in [0, 0.1) is 0 Å². The molecule has 0 aromatic carbocycles. The van der Waals surface area contributed by atoms with Crippen LogP contribution in [0.3, 0.4) is 0 Å². The molecule has 0 radical (unpaired) electrons. The minimum atomic E-state index is -0.0115. The Bertz CT molecular complexity index is 522. The maximum Gasteiger partial charge on any atom is 0.243 e. The summed E-state index contributed by atoms with van der Waals surface area (Å²) in [5.74, 6) is 0.676. The van der Waals surface area contributed by atoms with E-state index in [1.165, 1.54) is 4.88 Å². The molecule has 6 nitrogen and oxygen atoms in total. The van der Waals surface area contributed by atoms with E-state index < -0.39 is 0 Å². The van der Waals surface area contributed by atoms with E-state index in [1.54, 1.807) is 30.3 Å². The van der Waals surface area contributed by atoms with Gasteiger partial charge in [-0.3, -0.25) is 4.79 Å². The van der Waals surface area contributed by atoms with Gasteiger partial charge in [0.25, 0.3) is 0 Å². The average molecular weight is 466 g/mol. The Hall–Kier alpha value is -0.870. The first-order valence-corrected chi connectivity index (χ1v) is 8.81. The molecule has 1 aliphatic heterocycles. The molecular formula is C16H27IN4O2S. The Morgan fingerprint density at radius 3 is 2.92 bits per heavy atom. The number of hydrogen-bond donors (Lipinski definition) is 2. The normalized spacial score (nSPS) is 20.9. The fraction of sp³-hybridized carbons (Fsp3) is 0.625. The maximum atomic E-state index is 11.8. The van der Waals surface area contributed by atoms with Crippen LogP contribution in [0.15, 0.2) is 22.5 Å². The quantitative estimate of drug-likeness (QED) is 0.396. The minimum absolute atomic E-state index is 0. The standard InChI is InChI=1S/C16H26N4O2S.HI/c1-12-9-13(6-7-22-12)19-16(18-11-15(21)20(2)3)17-10-14-5-4-8-23-14;/h4-5,8,12-13H,6-7,9-11H2,1-3H3,(H2,17,18,19);1H. The lowest BCUT2D eigenvalue weighted by Crippen LogP contribution is -2.47. The molecule has 1 saturated heterocycles. The van der Waals surface area contributed by atoms with E-state index in [0.717, 1.165) is 19.4 Å². The Balaban J connectivity index is 0.00000288. The molecule has 2 N–H and O–H groups in total. The third-order valence-corrected chi connectivity index (χ3v) is 4.58. The van der Waals surface area contributed by atoms with E-state index in [0.29, 0.717) is 18.5 Å². The molecule has 1 aromatic heterocycles. The summed E-state index contributed by atoms with van der Waals surface area (Å²) in [4.78, 5) is 19.0. The van der Waals surface area contributed by atoms with Gasteiger partial charge in [0.15, 0.2) is 5.96 Å². The zero-order valence-corrected chi connectivity index (χ0v) is 17.6. The molecule has 1 amide bonds. The van der Waals surface area contributed by atoms with Crippen molar-refractivity contribution >= 4 is 47.2 Å². The highest BCUT2D eigenvalue weighted by molar-refractivity contribution is 14.0. The van der Waals surface area contributed by atoms with Crippen LogP contribution >= 0.6 is 35.3 Å². The summed E-state index contributed by atoms with van der Waals surface area (Å²) in [5, 5.41) is 8.80. The molecule has 8 heteroatoms. The fourth-order valence-electron chi connectivity index (χ4n) is 2.35. The van der Waals surface area contributed by atoms with Gasteiger partial charge in [-0.25, -0.2) is 4.99 Å². The van der Waals surface area contributed by atoms with Crippen LogP contribution in [-0.4, -0.2) is 56.2 Å². The number of ether oxygens (including phenoxy) is 1. The van der Waals surface area contributed by atoms with Crippen molar-refractivity contribution in [1.29, 1.82) is 0 Å². The van der Waals surface area contributed by atoms with Gasteiger partial charge in [-0.2, -0.15) is 0 Å². The van der Waals surface area contributed by atoms with E-state index in [1.807, 2.05) is 6.07 Å². The van der Waals surface area contributed by atoms with Crippen LogP contribution in [0.1, 0.15) is 24.6 Å². The molecule has 2 heterocycles. The van der Waals surface area contributed by atoms with E-state index in [4.69, 9.17) is 4.74 Å². The molecule has 2 atom stereocenters. The predicted octanol–water partition coefficient (Wildman–Crippen LogP) is 2.06. The van der Waals surface area contributed by atoms with E-state index >= 15 is 0 Å². The predicted molar refractivity (Wildman–Crippen MR) is 109 cm³/mol. The van der Waals surface area contributed by atoms with Crippen LogP contribution in [0.5, 0.6) is 0 Å². The lowest BCUT2D eigenvalue weighted by Gasteiger charge is -2.29. The van der Waals surface area contributed by atoms with Crippen LogP contribution in [0.2, 0.25) is 0 Å². The van der Waals surface area contributed by atoms with Crippen molar-refractivity contribution in [2.24, 2.45) is 4.99 Å². The number of hydrogen-bond acceptors (Lipinski definition) is 4. The van der Waals surface area contributed by atoms with Crippen molar-refractivity contribution in [2.45, 2.75) is 38.5 Å². The largest absolute Gasteiger partial charge is 0.378 e. The summed E-state index contributed by atoms with van der Waals surface area (Å²) >= 11 is 1.70. The van der Waals surface area contributed by atoms with Gasteiger partial charge < -0.3 is 20.3 Å². The van der Waals surface area contributed by atoms with Gasteiger partial charge in [-0.15, -0.1) is 35.3 Å². The van der Waals surface area contributed by atoms with Crippen LogP contribution in [-0.2, 0) is 16.1 Å². The number of nitrogens with zero attached hydrogens (tertiary/aromatic N) is 2. The summed E-state index contributed by atoms with van der Waals surface area (Å²) in [6.07, 6.45) is 2.15. The van der Waals surface area contributed by atoms with Gasteiger partial charge in [-0.05, 0) is 31.2 Å². The van der Waals surface area contributed by atoms with Crippen LogP contribution in [0.4, 0.5) is 0 Å². The fourth-order valence-corrected chi connectivity index (χ4v) is 2.99. The second-order valence-electron chi connectivity index (χ2n) is 5.93. The maximum absolute atomic E-state index is 11.8. The second-order valence-corrected chi connectivity index (χ2v) is 6.97. The van der Waals surface area contributed by atoms with Gasteiger partial charge in [-0.1, -0.05) is 6.07 Å². The molecule has 24 heavy (non-hydrogen) atoms. The Kier molecular flexibility index (Phi) is 9.60. The summed E-state index contributed by atoms with van der Waals surface area (Å²) < 4.78 is 5.58. The van der Waals surface area contributed by atoms with Crippen LogP contribution < -0.4 is 10.6 Å². The highest BCUT2D eigenvalue weighted by Gasteiger charge is 2.20. The Morgan fingerprint density at radius 1 is 1.50 bits per heavy atom. The highest BCUT2D eigenvalue weighted by atomic mass is 127. The first-order chi connectivity index (χ1) is 11.0. The van der Waals surface area contributed by atoms with Crippen molar-refractivity contribution in [2.75, 3.05) is 27.2 Å². The number of aliphatic imine (C=N–C) groups is 1. The third kappa shape index (κ3) is 7.35. The van der Waals surface area contributed by atoms with Crippen LogP contribution in [0.25, 0.3) is 0 Å². The molecule has 2 unspecified atom stereocenters. The first kappa shape index (κ1) is 21.2. The molecule has 136 valence electrons. The Labute approximate surface area is 165 Å². The van der Waals surface area contributed by atoms with Gasteiger partial charge in [0.2, 0.25) is 5.91 Å². The molecule has 1 aliphatic rings. The van der Waals surface area contributed by atoms with Crippen molar-refractivity contribution in [3.8, 4) is 0 Å². The topological polar surface area (TPSA) is 66.0 Å². The van der Waals surface area contributed by atoms with Crippen molar-refractivity contribution in [3.63, 3.8) is 0 Å². The molecule has 1 aromatic rings. The van der Waals surface area contributed by atoms with E-state index in [9.17, 15) is 4.79 Å². The lowest BCUT2D eigenvalue weighted by molar-refractivity contribution is -0.127. The summed E-state index contributed by atoms with van der Waals surface area (Å²) in [6.45, 7) is 3.69. The molecule has 2 rings (SSSR count). The molecular weight excluding hydrogens is 439 g/mol. The lowest BCUT2D eigenvalue weighted by atomic mass is 10.0. The molecule has 0 saturated carbocycles. The minimum Gasteiger partial charge on any atom is -0.378 e. The molecule has 0 bridgehead atoms. The van der Waals surface area contributed by atoms with Gasteiger partial charge in [0.1, 0.15) is 6.54 Å². The Morgan fingerprint density at radius 2 is 2.29 bits per heavy atom. The zero-order chi connectivity index (χ0) is 16.7. The van der Waals surface area contributed by atoms with Crippen molar-refractivity contribution in [3.05, 3.63) is 22.4 Å². The number of amides is 1. The number of carbonyl (C=O) groups excluding carboxylic acids is 1. The SMILES string of the molecule is CC1CC(NC(=NCC(=O)N(C)C)NCc2cccs2)CCO1.I.